The summed E-state index contributed by atoms with van der Waals surface area (Å²) in [7, 11) is 0. The molecule has 0 saturated heterocycles. The molecule has 0 unspecified atom stereocenters. The van der Waals surface area contributed by atoms with E-state index in [1.807, 2.05) is 6.07 Å². The summed E-state index contributed by atoms with van der Waals surface area (Å²) in [5.41, 5.74) is -0.867. The number of nitrogens with zero attached hydrogens (tertiary/aromatic N) is 2. The van der Waals surface area contributed by atoms with Gasteiger partial charge in [0.05, 0.1) is 15.4 Å². The summed E-state index contributed by atoms with van der Waals surface area (Å²) >= 11 is 0. The molecule has 140 valence electrons. The van der Waals surface area contributed by atoms with Crippen LogP contribution in [0.3, 0.4) is 0 Å². The van der Waals surface area contributed by atoms with Crippen LogP contribution in [0, 0.1) is 27.2 Å². The third-order valence-corrected chi connectivity index (χ3v) is 3.65. The van der Waals surface area contributed by atoms with Gasteiger partial charge in [-0.1, -0.05) is 30.3 Å². The fraction of sp³-hybridized carbons (Fsp3) is 0.176. The van der Waals surface area contributed by atoms with Crippen LogP contribution in [0.2, 0.25) is 0 Å². The van der Waals surface area contributed by atoms with Gasteiger partial charge < -0.3 is 10.1 Å². The quantitative estimate of drug-likeness (QED) is 0.446. The third-order valence-electron chi connectivity index (χ3n) is 3.65. The summed E-state index contributed by atoms with van der Waals surface area (Å²) < 4.78 is 4.79. The van der Waals surface area contributed by atoms with Gasteiger partial charge >= 0.3 is 5.97 Å². The highest BCUT2D eigenvalue weighted by molar-refractivity contribution is 5.93. The first kappa shape index (κ1) is 19.5. The molecule has 2 rings (SSSR count). The molecule has 0 atom stereocenters. The molecule has 0 aliphatic carbocycles. The molecule has 2 aromatic carbocycles. The van der Waals surface area contributed by atoms with Gasteiger partial charge in [-0.25, -0.2) is 4.79 Å². The van der Waals surface area contributed by atoms with Crippen LogP contribution in [0.25, 0.3) is 0 Å². The summed E-state index contributed by atoms with van der Waals surface area (Å²) in [6, 6.07) is 10.8. The number of benzene rings is 2. The molecule has 0 saturated carbocycles. The monoisotopic (exact) mass is 373 g/mol. The van der Waals surface area contributed by atoms with E-state index in [4.69, 9.17) is 4.74 Å². The predicted molar refractivity (Wildman–Crippen MR) is 93.1 cm³/mol. The van der Waals surface area contributed by atoms with E-state index in [2.05, 4.69) is 5.32 Å². The van der Waals surface area contributed by atoms with Gasteiger partial charge in [0, 0.05) is 18.7 Å². The highest BCUT2D eigenvalue weighted by Crippen LogP contribution is 2.29. The average Bonchev–Trinajstić information content (AvgIpc) is 2.64. The Morgan fingerprint density at radius 2 is 1.59 bits per heavy atom. The minimum Gasteiger partial charge on any atom is -0.452 e. The zero-order chi connectivity index (χ0) is 20.0. The molecule has 10 nitrogen and oxygen atoms in total. The molecule has 0 aliphatic heterocycles. The standard InChI is InChI=1S/C17H15N3O7/c1-11-14(19(23)24)7-13(8-15(11)20(25)26)17(22)27-10-16(21)18-9-12-5-3-2-4-6-12/h2-8H,9-10H2,1H3,(H,18,21). The van der Waals surface area contributed by atoms with Gasteiger partial charge in [0.15, 0.2) is 6.61 Å². The fourth-order valence-corrected chi connectivity index (χ4v) is 2.24. The largest absolute Gasteiger partial charge is 0.452 e. The van der Waals surface area contributed by atoms with Crippen LogP contribution < -0.4 is 5.32 Å². The van der Waals surface area contributed by atoms with Gasteiger partial charge in [0.1, 0.15) is 5.56 Å². The molecule has 2 aromatic rings. The zero-order valence-electron chi connectivity index (χ0n) is 14.2. The second kappa shape index (κ2) is 8.52. The van der Waals surface area contributed by atoms with Crippen molar-refractivity contribution in [3.8, 4) is 0 Å². The van der Waals surface area contributed by atoms with E-state index < -0.39 is 39.7 Å². The molecular weight excluding hydrogens is 358 g/mol. The molecule has 27 heavy (non-hydrogen) atoms. The lowest BCUT2D eigenvalue weighted by atomic mass is 10.1. The highest BCUT2D eigenvalue weighted by atomic mass is 16.6. The van der Waals surface area contributed by atoms with E-state index in [9.17, 15) is 29.8 Å². The number of hydrogen-bond acceptors (Lipinski definition) is 7. The van der Waals surface area contributed by atoms with Gasteiger partial charge in [0.2, 0.25) is 0 Å². The molecule has 1 N–H and O–H groups in total. The summed E-state index contributed by atoms with van der Waals surface area (Å²) in [4.78, 5) is 44.2. The Balaban J connectivity index is 2.04. The fourth-order valence-electron chi connectivity index (χ4n) is 2.24. The van der Waals surface area contributed by atoms with Gasteiger partial charge in [-0.3, -0.25) is 25.0 Å². The Labute approximate surface area is 153 Å². The van der Waals surface area contributed by atoms with Crippen molar-refractivity contribution in [2.75, 3.05) is 6.61 Å². The highest BCUT2D eigenvalue weighted by Gasteiger charge is 2.26. The number of carbonyl (C=O) groups excluding carboxylic acids is 2. The smallest absolute Gasteiger partial charge is 0.339 e. The Bertz CT molecular complexity index is 862. The number of nitro groups is 2. The van der Waals surface area contributed by atoms with Crippen molar-refractivity contribution < 1.29 is 24.2 Å². The van der Waals surface area contributed by atoms with Gasteiger partial charge in [-0.2, -0.15) is 0 Å². The molecular formula is C17H15N3O7. The number of rotatable bonds is 7. The average molecular weight is 373 g/mol. The number of ether oxygens (including phenoxy) is 1. The Hall–Kier alpha value is -3.82. The molecule has 0 heterocycles. The molecule has 0 spiro atoms. The number of nitrogens with one attached hydrogen (secondary N) is 1. The molecule has 0 fully saturated rings. The number of carbonyl (C=O) groups is 2. The topological polar surface area (TPSA) is 142 Å². The number of amides is 1. The predicted octanol–water partition coefficient (Wildman–Crippen LogP) is 2.28. The van der Waals surface area contributed by atoms with Gasteiger partial charge in [-0.15, -0.1) is 0 Å². The lowest BCUT2D eigenvalue weighted by Gasteiger charge is -2.07. The third kappa shape index (κ3) is 5.08. The second-order valence-corrected chi connectivity index (χ2v) is 5.49. The van der Waals surface area contributed by atoms with E-state index >= 15 is 0 Å². The van der Waals surface area contributed by atoms with E-state index in [1.54, 1.807) is 24.3 Å². The second-order valence-electron chi connectivity index (χ2n) is 5.49. The normalized spacial score (nSPS) is 10.1. The Morgan fingerprint density at radius 3 is 2.11 bits per heavy atom. The first-order valence-corrected chi connectivity index (χ1v) is 7.70. The van der Waals surface area contributed by atoms with Crippen LogP contribution in [0.4, 0.5) is 11.4 Å². The van der Waals surface area contributed by atoms with Crippen LogP contribution >= 0.6 is 0 Å². The van der Waals surface area contributed by atoms with Gasteiger partial charge in [0.25, 0.3) is 17.3 Å². The van der Waals surface area contributed by atoms with Crippen molar-refractivity contribution in [1.82, 2.24) is 5.32 Å². The lowest BCUT2D eigenvalue weighted by Crippen LogP contribution is -2.28. The molecule has 0 radical (unpaired) electrons. The number of hydrogen-bond donors (Lipinski definition) is 1. The maximum atomic E-state index is 12.0. The lowest BCUT2D eigenvalue weighted by molar-refractivity contribution is -0.395. The van der Waals surface area contributed by atoms with E-state index in [-0.39, 0.29) is 17.7 Å². The van der Waals surface area contributed by atoms with E-state index in [1.165, 1.54) is 6.92 Å². The van der Waals surface area contributed by atoms with Crippen LogP contribution in [0.15, 0.2) is 42.5 Å². The molecule has 0 bridgehead atoms. The van der Waals surface area contributed by atoms with E-state index in [0.717, 1.165) is 17.7 Å². The van der Waals surface area contributed by atoms with Crippen molar-refractivity contribution in [2.45, 2.75) is 13.5 Å². The Kier molecular flexibility index (Phi) is 6.15. The summed E-state index contributed by atoms with van der Waals surface area (Å²) in [5, 5.41) is 24.6. The van der Waals surface area contributed by atoms with Crippen molar-refractivity contribution in [3.05, 3.63) is 79.4 Å². The molecule has 0 aromatic heterocycles. The molecule has 1 amide bonds. The maximum absolute atomic E-state index is 12.0. The summed E-state index contributed by atoms with van der Waals surface area (Å²) in [6.45, 7) is 0.822. The van der Waals surface area contributed by atoms with Crippen LogP contribution in [-0.2, 0) is 16.1 Å². The minimum atomic E-state index is -1.07. The summed E-state index contributed by atoms with van der Waals surface area (Å²) in [5.74, 6) is -1.65. The van der Waals surface area contributed by atoms with Crippen LogP contribution in [-0.4, -0.2) is 28.3 Å². The summed E-state index contributed by atoms with van der Waals surface area (Å²) in [6.07, 6.45) is 0. The zero-order valence-corrected chi connectivity index (χ0v) is 14.2. The first-order valence-electron chi connectivity index (χ1n) is 7.70. The minimum absolute atomic E-state index is 0.179. The molecule has 10 heteroatoms. The van der Waals surface area contributed by atoms with Crippen molar-refractivity contribution >= 4 is 23.3 Å². The number of esters is 1. The maximum Gasteiger partial charge on any atom is 0.339 e. The van der Waals surface area contributed by atoms with Crippen molar-refractivity contribution in [2.24, 2.45) is 0 Å². The SMILES string of the molecule is Cc1c([N+](=O)[O-])cc(C(=O)OCC(=O)NCc2ccccc2)cc1[N+](=O)[O-]. The van der Waals surface area contributed by atoms with Crippen LogP contribution in [0.5, 0.6) is 0 Å². The van der Waals surface area contributed by atoms with Crippen LogP contribution in [0.1, 0.15) is 21.5 Å². The first-order chi connectivity index (χ1) is 12.8. The van der Waals surface area contributed by atoms with Crippen molar-refractivity contribution in [3.63, 3.8) is 0 Å². The van der Waals surface area contributed by atoms with E-state index in [0.29, 0.717) is 0 Å². The van der Waals surface area contributed by atoms with Gasteiger partial charge in [-0.05, 0) is 12.5 Å². The Morgan fingerprint density at radius 1 is 1.04 bits per heavy atom. The van der Waals surface area contributed by atoms with Crippen molar-refractivity contribution in [1.29, 1.82) is 0 Å². The number of nitro benzene ring substituents is 2. The molecule has 0 aliphatic rings.